The van der Waals surface area contributed by atoms with Crippen molar-refractivity contribution in [1.82, 2.24) is 14.8 Å². The van der Waals surface area contributed by atoms with Crippen molar-refractivity contribution in [3.05, 3.63) is 83.4 Å². The molecule has 2 saturated heterocycles. The van der Waals surface area contributed by atoms with E-state index in [1.54, 1.807) is 6.07 Å². The van der Waals surface area contributed by atoms with Crippen LogP contribution in [0.3, 0.4) is 0 Å². The van der Waals surface area contributed by atoms with Crippen molar-refractivity contribution in [2.24, 2.45) is 0 Å². The highest BCUT2D eigenvalue weighted by Gasteiger charge is 2.36. The summed E-state index contributed by atoms with van der Waals surface area (Å²) in [5, 5.41) is 12.8. The Balaban J connectivity index is 1.23. The fraction of sp³-hybridized carbons (Fsp3) is 0.324. The Labute approximate surface area is 258 Å². The van der Waals surface area contributed by atoms with Crippen LogP contribution in [-0.2, 0) is 12.7 Å². The third-order valence-corrected chi connectivity index (χ3v) is 8.78. The number of pyridine rings is 1. The number of nitrogens with one attached hydrogen (secondary N) is 2. The number of ether oxygens (including phenoxy) is 2. The van der Waals surface area contributed by atoms with E-state index in [1.165, 1.54) is 12.1 Å². The Bertz CT molecular complexity index is 1770. The number of halogens is 3. The number of hydrogen-bond donors (Lipinski definition) is 2. The lowest BCUT2D eigenvalue weighted by molar-refractivity contribution is -0.137. The summed E-state index contributed by atoms with van der Waals surface area (Å²) in [5.41, 5.74) is 2.78. The molecular formula is C34H32F3N5O3. The topological polar surface area (TPSA) is 90.8 Å². The fourth-order valence-corrected chi connectivity index (χ4v) is 6.37. The maximum absolute atomic E-state index is 14.4. The number of nitrogens with zero attached hydrogens (tertiary/aromatic N) is 3. The SMILES string of the molecule is N=C([C@@H]1CCCN1C(=O)c1cc(NCc2ccc(C(F)(F)F)cc2)nc2ccc(-c3ccc4c(c3)OCO4)cc12)N1CCCC1. The summed E-state index contributed by atoms with van der Waals surface area (Å²) in [6, 6.07) is 17.9. The monoisotopic (exact) mass is 615 g/mol. The molecule has 1 amide bonds. The first-order valence-electron chi connectivity index (χ1n) is 15.1. The number of hydrogen-bond acceptors (Lipinski definition) is 6. The second kappa shape index (κ2) is 11.6. The van der Waals surface area contributed by atoms with Crippen molar-refractivity contribution in [2.45, 2.75) is 44.4 Å². The molecule has 8 nitrogen and oxygen atoms in total. The zero-order valence-electron chi connectivity index (χ0n) is 24.5. The van der Waals surface area contributed by atoms with Crippen LogP contribution in [-0.4, -0.2) is 59.0 Å². The maximum atomic E-state index is 14.4. The van der Waals surface area contributed by atoms with E-state index in [9.17, 15) is 18.0 Å². The Morgan fingerprint density at radius 2 is 1.64 bits per heavy atom. The van der Waals surface area contributed by atoms with Gasteiger partial charge >= 0.3 is 6.18 Å². The minimum Gasteiger partial charge on any atom is -0.454 e. The second-order valence-electron chi connectivity index (χ2n) is 11.6. The molecule has 45 heavy (non-hydrogen) atoms. The van der Waals surface area contributed by atoms with E-state index in [4.69, 9.17) is 19.9 Å². The average molecular weight is 616 g/mol. The van der Waals surface area contributed by atoms with Gasteiger partial charge in [-0.15, -0.1) is 0 Å². The maximum Gasteiger partial charge on any atom is 0.416 e. The number of fused-ring (bicyclic) bond motifs is 2. The minimum absolute atomic E-state index is 0.171. The van der Waals surface area contributed by atoms with Crippen LogP contribution < -0.4 is 14.8 Å². The smallest absolute Gasteiger partial charge is 0.416 e. The molecule has 2 N–H and O–H groups in total. The highest BCUT2D eigenvalue weighted by Crippen LogP contribution is 2.37. The molecule has 1 aromatic heterocycles. The highest BCUT2D eigenvalue weighted by atomic mass is 19.4. The molecular weight excluding hydrogens is 583 g/mol. The average Bonchev–Trinajstić information content (AvgIpc) is 3.84. The molecule has 1 atom stereocenters. The molecule has 0 radical (unpaired) electrons. The van der Waals surface area contributed by atoms with Gasteiger partial charge < -0.3 is 24.6 Å². The van der Waals surface area contributed by atoms with Gasteiger partial charge in [0.2, 0.25) is 6.79 Å². The minimum atomic E-state index is -4.40. The number of aromatic nitrogens is 1. The number of anilines is 1. The summed E-state index contributed by atoms with van der Waals surface area (Å²) in [4.78, 5) is 23.0. The van der Waals surface area contributed by atoms with Gasteiger partial charge in [-0.1, -0.05) is 24.3 Å². The van der Waals surface area contributed by atoms with Crippen molar-refractivity contribution < 1.29 is 27.4 Å². The molecule has 3 aliphatic rings. The van der Waals surface area contributed by atoms with Gasteiger partial charge in [0.05, 0.1) is 22.7 Å². The summed E-state index contributed by atoms with van der Waals surface area (Å²) in [6.07, 6.45) is -0.745. The van der Waals surface area contributed by atoms with Crippen molar-refractivity contribution >= 4 is 28.5 Å². The Hall–Kier alpha value is -4.80. The Morgan fingerprint density at radius 1 is 0.911 bits per heavy atom. The number of benzene rings is 3. The standard InChI is InChI=1S/C34H32F3N5O3/c35-34(36,37)24-9-5-21(6-10-24)19-39-31-18-26(33(43)42-15-3-4-28(42)32(38)41-13-1-2-14-41)25-16-22(7-11-27(25)40-31)23-8-12-29-30(17-23)45-20-44-29/h5-12,16-18,28,38H,1-4,13-15,19-20H2,(H,39,40)/t28-/m0/s1. The van der Waals surface area contributed by atoms with Gasteiger partial charge in [0.25, 0.3) is 5.91 Å². The molecule has 0 unspecified atom stereocenters. The molecule has 7 rings (SSSR count). The van der Waals surface area contributed by atoms with Crippen molar-refractivity contribution in [2.75, 3.05) is 31.7 Å². The number of carbonyl (C=O) groups excluding carboxylic acids is 1. The van der Waals surface area contributed by atoms with Crippen LogP contribution >= 0.6 is 0 Å². The van der Waals surface area contributed by atoms with Gasteiger partial charge in [-0.05, 0) is 84.8 Å². The molecule has 4 heterocycles. The highest BCUT2D eigenvalue weighted by molar-refractivity contribution is 6.09. The van der Waals surface area contributed by atoms with E-state index in [-0.39, 0.29) is 25.3 Å². The first-order valence-corrected chi connectivity index (χ1v) is 15.1. The number of alkyl halides is 3. The third-order valence-electron chi connectivity index (χ3n) is 8.78. The molecule has 2 fully saturated rings. The fourth-order valence-electron chi connectivity index (χ4n) is 6.37. The first kappa shape index (κ1) is 28.9. The molecule has 232 valence electrons. The second-order valence-corrected chi connectivity index (χ2v) is 11.6. The molecule has 0 spiro atoms. The summed E-state index contributed by atoms with van der Waals surface area (Å²) >= 11 is 0. The summed E-state index contributed by atoms with van der Waals surface area (Å²) in [5.74, 6) is 2.10. The molecule has 0 aliphatic carbocycles. The molecule has 4 aromatic rings. The molecule has 0 bridgehead atoms. The summed E-state index contributed by atoms with van der Waals surface area (Å²) in [7, 11) is 0. The van der Waals surface area contributed by atoms with Crippen molar-refractivity contribution in [3.8, 4) is 22.6 Å². The van der Waals surface area contributed by atoms with E-state index in [1.807, 2.05) is 41.3 Å². The van der Waals surface area contributed by atoms with E-state index in [2.05, 4.69) is 10.2 Å². The number of amidine groups is 1. The Morgan fingerprint density at radius 3 is 2.42 bits per heavy atom. The van der Waals surface area contributed by atoms with Crippen molar-refractivity contribution in [1.29, 1.82) is 5.41 Å². The number of likely N-dealkylation sites (tertiary alicyclic amines) is 2. The summed E-state index contributed by atoms with van der Waals surface area (Å²) < 4.78 is 50.1. The molecule has 0 saturated carbocycles. The van der Waals surface area contributed by atoms with E-state index >= 15 is 0 Å². The quantitative estimate of drug-likeness (QED) is 0.181. The van der Waals surface area contributed by atoms with Gasteiger partial charge in [0, 0.05) is 31.6 Å². The van der Waals surface area contributed by atoms with E-state index < -0.39 is 11.7 Å². The van der Waals surface area contributed by atoms with Gasteiger partial charge in [0.15, 0.2) is 11.5 Å². The molecule has 3 aliphatic heterocycles. The number of amides is 1. The zero-order valence-corrected chi connectivity index (χ0v) is 24.5. The van der Waals surface area contributed by atoms with Gasteiger partial charge in [0.1, 0.15) is 11.7 Å². The van der Waals surface area contributed by atoms with Crippen LogP contribution in [0, 0.1) is 5.41 Å². The van der Waals surface area contributed by atoms with E-state index in [0.29, 0.717) is 51.7 Å². The van der Waals surface area contributed by atoms with Crippen LogP contribution in [0.2, 0.25) is 0 Å². The summed E-state index contributed by atoms with van der Waals surface area (Å²) in [6.45, 7) is 2.63. The lowest BCUT2D eigenvalue weighted by atomic mass is 9.99. The first-order chi connectivity index (χ1) is 21.7. The van der Waals surface area contributed by atoms with Crippen molar-refractivity contribution in [3.63, 3.8) is 0 Å². The predicted octanol–water partition coefficient (Wildman–Crippen LogP) is 6.94. The number of carbonyl (C=O) groups is 1. The lowest BCUT2D eigenvalue weighted by Gasteiger charge is -2.30. The largest absolute Gasteiger partial charge is 0.454 e. The van der Waals surface area contributed by atoms with Gasteiger partial charge in [-0.2, -0.15) is 13.2 Å². The number of rotatable bonds is 6. The van der Waals surface area contributed by atoms with E-state index in [0.717, 1.165) is 62.0 Å². The Kier molecular flexibility index (Phi) is 7.47. The normalized spacial score (nSPS) is 17.7. The zero-order chi connectivity index (χ0) is 31.1. The van der Waals surface area contributed by atoms with Gasteiger partial charge in [-0.3, -0.25) is 10.2 Å². The van der Waals surface area contributed by atoms with Crippen LogP contribution in [0.5, 0.6) is 11.5 Å². The van der Waals surface area contributed by atoms with Gasteiger partial charge in [-0.25, -0.2) is 4.98 Å². The third kappa shape index (κ3) is 5.74. The predicted molar refractivity (Wildman–Crippen MR) is 165 cm³/mol. The lowest BCUT2D eigenvalue weighted by Crippen LogP contribution is -2.46. The van der Waals surface area contributed by atoms with Crippen LogP contribution in [0.4, 0.5) is 19.0 Å². The van der Waals surface area contributed by atoms with Crippen LogP contribution in [0.1, 0.15) is 47.2 Å². The molecule has 11 heteroatoms. The van der Waals surface area contributed by atoms with Crippen LogP contribution in [0.15, 0.2) is 66.7 Å². The van der Waals surface area contributed by atoms with Crippen LogP contribution in [0.25, 0.3) is 22.0 Å². The molecule has 3 aromatic carbocycles.